The number of fused-ring (bicyclic) bond motifs is 1. The van der Waals surface area contributed by atoms with Crippen molar-refractivity contribution in [1.29, 1.82) is 0 Å². The Morgan fingerprint density at radius 3 is 2.76 bits per heavy atom. The van der Waals surface area contributed by atoms with Crippen LogP contribution in [0.1, 0.15) is 24.8 Å². The van der Waals surface area contributed by atoms with Gasteiger partial charge < -0.3 is 9.42 Å². The molecule has 0 radical (unpaired) electrons. The molecule has 9 heteroatoms. The molecule has 1 amide bonds. The third kappa shape index (κ3) is 4.06. The number of aromatic nitrogens is 2. The lowest BCUT2D eigenvalue weighted by Crippen LogP contribution is -2.33. The summed E-state index contributed by atoms with van der Waals surface area (Å²) in [5.41, 5.74) is 2.40. The van der Waals surface area contributed by atoms with Crippen molar-refractivity contribution in [3.05, 3.63) is 60.0 Å². The van der Waals surface area contributed by atoms with Crippen LogP contribution in [0, 0.1) is 0 Å². The van der Waals surface area contributed by atoms with E-state index in [-0.39, 0.29) is 23.2 Å². The Labute approximate surface area is 168 Å². The zero-order valence-corrected chi connectivity index (χ0v) is 16.6. The number of sulfonamides is 1. The molecule has 4 rings (SSSR count). The molecule has 0 fully saturated rings. The molecule has 0 spiro atoms. The number of hydrogen-bond acceptors (Lipinski definition) is 6. The van der Waals surface area contributed by atoms with E-state index in [9.17, 15) is 13.2 Å². The summed E-state index contributed by atoms with van der Waals surface area (Å²) in [5.74, 6) is 0.524. The van der Waals surface area contributed by atoms with Gasteiger partial charge in [-0.05, 0) is 36.6 Å². The SMILES string of the molecule is CC(=O)N1CCCc2cc(S(=O)(=O)NCc3nc(-c4ccccc4)no3)ccc21. The summed E-state index contributed by atoms with van der Waals surface area (Å²) in [7, 11) is -3.77. The molecule has 3 aromatic rings. The minimum atomic E-state index is -3.77. The number of nitrogens with zero attached hydrogens (tertiary/aromatic N) is 3. The van der Waals surface area contributed by atoms with Gasteiger partial charge in [-0.15, -0.1) is 0 Å². The number of hydrogen-bond donors (Lipinski definition) is 1. The van der Waals surface area contributed by atoms with E-state index in [1.165, 1.54) is 13.0 Å². The van der Waals surface area contributed by atoms with E-state index in [1.807, 2.05) is 30.3 Å². The number of amides is 1. The number of carbonyl (C=O) groups excluding carboxylic acids is 1. The average molecular weight is 412 g/mol. The van der Waals surface area contributed by atoms with Crippen LogP contribution in [0.25, 0.3) is 11.4 Å². The van der Waals surface area contributed by atoms with E-state index in [2.05, 4.69) is 14.9 Å². The second kappa shape index (κ2) is 7.76. The Kier molecular flexibility index (Phi) is 5.16. The molecule has 1 N–H and O–H groups in total. The van der Waals surface area contributed by atoms with Crippen LogP contribution in [0.4, 0.5) is 5.69 Å². The summed E-state index contributed by atoms with van der Waals surface area (Å²) in [6.45, 7) is 2.04. The smallest absolute Gasteiger partial charge is 0.242 e. The fourth-order valence-electron chi connectivity index (χ4n) is 3.34. The van der Waals surface area contributed by atoms with Gasteiger partial charge in [0.05, 0.1) is 11.4 Å². The van der Waals surface area contributed by atoms with Gasteiger partial charge in [0.2, 0.25) is 27.6 Å². The number of anilines is 1. The van der Waals surface area contributed by atoms with Crippen molar-refractivity contribution in [3.8, 4) is 11.4 Å². The van der Waals surface area contributed by atoms with Crippen LogP contribution in [0.3, 0.4) is 0 Å². The summed E-state index contributed by atoms with van der Waals surface area (Å²) in [5, 5.41) is 3.88. The van der Waals surface area contributed by atoms with Gasteiger partial charge in [0.1, 0.15) is 0 Å². The molecule has 0 aliphatic carbocycles. The van der Waals surface area contributed by atoms with Gasteiger partial charge in [0.25, 0.3) is 0 Å². The Morgan fingerprint density at radius 2 is 2.00 bits per heavy atom. The van der Waals surface area contributed by atoms with Crippen LogP contribution in [0.2, 0.25) is 0 Å². The lowest BCUT2D eigenvalue weighted by atomic mass is 10.0. The van der Waals surface area contributed by atoms with E-state index in [0.717, 1.165) is 29.7 Å². The van der Waals surface area contributed by atoms with Gasteiger partial charge in [0, 0.05) is 24.7 Å². The maximum Gasteiger partial charge on any atom is 0.242 e. The summed E-state index contributed by atoms with van der Waals surface area (Å²) in [6, 6.07) is 14.1. The van der Waals surface area contributed by atoms with Gasteiger partial charge in [-0.2, -0.15) is 4.98 Å². The highest BCUT2D eigenvalue weighted by Gasteiger charge is 2.23. The first-order chi connectivity index (χ1) is 13.9. The lowest BCUT2D eigenvalue weighted by Gasteiger charge is -2.28. The third-order valence-electron chi connectivity index (χ3n) is 4.77. The predicted molar refractivity (Wildman–Crippen MR) is 107 cm³/mol. The molecule has 0 atom stereocenters. The highest BCUT2D eigenvalue weighted by molar-refractivity contribution is 7.89. The van der Waals surface area contributed by atoms with E-state index in [4.69, 9.17) is 4.52 Å². The minimum Gasteiger partial charge on any atom is -0.338 e. The van der Waals surface area contributed by atoms with Gasteiger partial charge in [-0.1, -0.05) is 35.5 Å². The standard InChI is InChI=1S/C20H20N4O4S/c1-14(25)24-11-5-8-16-12-17(9-10-18(16)24)29(26,27)21-13-19-22-20(23-28-19)15-6-3-2-4-7-15/h2-4,6-7,9-10,12,21H,5,8,11,13H2,1H3. The van der Waals surface area contributed by atoms with Gasteiger partial charge >= 0.3 is 0 Å². The van der Waals surface area contributed by atoms with Crippen LogP contribution in [-0.4, -0.2) is 31.0 Å². The van der Waals surface area contributed by atoms with Crippen molar-refractivity contribution in [2.24, 2.45) is 0 Å². The average Bonchev–Trinajstić information content (AvgIpc) is 3.21. The number of benzene rings is 2. The normalized spacial score (nSPS) is 13.9. The van der Waals surface area contributed by atoms with Gasteiger partial charge in [-0.3, -0.25) is 4.79 Å². The Hall–Kier alpha value is -3.04. The van der Waals surface area contributed by atoms with E-state index in [1.54, 1.807) is 17.0 Å². The van der Waals surface area contributed by atoms with Crippen LogP contribution in [0.15, 0.2) is 57.9 Å². The Bertz CT molecular complexity index is 1140. The molecular weight excluding hydrogens is 392 g/mol. The van der Waals surface area contributed by atoms with E-state index in [0.29, 0.717) is 12.4 Å². The largest absolute Gasteiger partial charge is 0.338 e. The monoisotopic (exact) mass is 412 g/mol. The fourth-order valence-corrected chi connectivity index (χ4v) is 4.36. The van der Waals surface area contributed by atoms with E-state index < -0.39 is 10.0 Å². The summed E-state index contributed by atoms with van der Waals surface area (Å²) < 4.78 is 33.0. The van der Waals surface area contributed by atoms with Crippen LogP contribution in [-0.2, 0) is 27.8 Å². The van der Waals surface area contributed by atoms with Gasteiger partial charge in [-0.25, -0.2) is 13.1 Å². The number of aryl methyl sites for hydroxylation is 1. The number of carbonyl (C=O) groups is 1. The third-order valence-corrected chi connectivity index (χ3v) is 6.17. The summed E-state index contributed by atoms with van der Waals surface area (Å²) in [4.78, 5) is 17.8. The topological polar surface area (TPSA) is 105 Å². The molecule has 2 heterocycles. The maximum atomic E-state index is 12.7. The molecule has 0 bridgehead atoms. The van der Waals surface area contributed by atoms with Crippen LogP contribution >= 0.6 is 0 Å². The molecular formula is C20H20N4O4S. The van der Waals surface area contributed by atoms with Crippen LogP contribution < -0.4 is 9.62 Å². The minimum absolute atomic E-state index is 0.0507. The van der Waals surface area contributed by atoms with Crippen molar-refractivity contribution in [1.82, 2.24) is 14.9 Å². The Morgan fingerprint density at radius 1 is 1.21 bits per heavy atom. The van der Waals surface area contributed by atoms with Crippen molar-refractivity contribution < 1.29 is 17.7 Å². The molecule has 29 heavy (non-hydrogen) atoms. The second-order valence-corrected chi connectivity index (χ2v) is 8.53. The number of nitrogens with one attached hydrogen (secondary N) is 1. The van der Waals surface area contributed by atoms with Crippen molar-refractivity contribution in [2.75, 3.05) is 11.4 Å². The van der Waals surface area contributed by atoms with Crippen molar-refractivity contribution in [3.63, 3.8) is 0 Å². The molecule has 0 unspecified atom stereocenters. The molecule has 1 aliphatic rings. The molecule has 8 nitrogen and oxygen atoms in total. The first-order valence-corrected chi connectivity index (χ1v) is 10.7. The molecule has 1 aliphatic heterocycles. The highest BCUT2D eigenvalue weighted by Crippen LogP contribution is 2.29. The Balaban J connectivity index is 1.50. The van der Waals surface area contributed by atoms with Crippen LogP contribution in [0.5, 0.6) is 0 Å². The zero-order chi connectivity index (χ0) is 20.4. The lowest BCUT2D eigenvalue weighted by molar-refractivity contribution is -0.116. The quantitative estimate of drug-likeness (QED) is 0.690. The van der Waals surface area contributed by atoms with E-state index >= 15 is 0 Å². The summed E-state index contributed by atoms with van der Waals surface area (Å²) >= 11 is 0. The first-order valence-electron chi connectivity index (χ1n) is 9.23. The van der Waals surface area contributed by atoms with Crippen molar-refractivity contribution >= 4 is 21.6 Å². The first kappa shape index (κ1) is 19.3. The summed E-state index contributed by atoms with van der Waals surface area (Å²) in [6.07, 6.45) is 1.53. The molecule has 0 saturated carbocycles. The predicted octanol–water partition coefficient (Wildman–Crippen LogP) is 2.51. The second-order valence-electron chi connectivity index (χ2n) is 6.77. The van der Waals surface area contributed by atoms with Gasteiger partial charge in [0.15, 0.2) is 0 Å². The van der Waals surface area contributed by atoms with Crippen molar-refractivity contribution in [2.45, 2.75) is 31.2 Å². The molecule has 0 saturated heterocycles. The molecule has 2 aromatic carbocycles. The fraction of sp³-hybridized carbons (Fsp3) is 0.250. The zero-order valence-electron chi connectivity index (χ0n) is 15.8. The highest BCUT2D eigenvalue weighted by atomic mass is 32.2. The molecule has 1 aromatic heterocycles. The number of rotatable bonds is 5. The molecule has 150 valence electrons. The maximum absolute atomic E-state index is 12.7.